The van der Waals surface area contributed by atoms with Crippen LogP contribution < -0.4 is 0 Å². The largest absolute Gasteiger partial charge is 0.463 e. The molecule has 3 rings (SSSR count). The fourth-order valence-electron chi connectivity index (χ4n) is 3.32. The predicted octanol–water partition coefficient (Wildman–Crippen LogP) is 4.09. The molecule has 2 aliphatic rings. The van der Waals surface area contributed by atoms with Gasteiger partial charge in [-0.3, -0.25) is 10.1 Å². The second-order valence-electron chi connectivity index (χ2n) is 5.92. The number of halogens is 3. The van der Waals surface area contributed by atoms with E-state index in [2.05, 4.69) is 0 Å². The number of rotatable bonds is 5. The van der Waals surface area contributed by atoms with Crippen LogP contribution in [-0.2, 0) is 9.53 Å². The molecule has 27 heavy (non-hydrogen) atoms. The van der Waals surface area contributed by atoms with Gasteiger partial charge in [0.2, 0.25) is 0 Å². The monoisotopic (exact) mass is 396 g/mol. The molecule has 0 spiro atoms. The number of nitrogens with zero attached hydrogens (tertiary/aromatic N) is 2. The van der Waals surface area contributed by atoms with Crippen LogP contribution in [0.2, 0.25) is 0 Å². The minimum Gasteiger partial charge on any atom is -0.463 e. The van der Waals surface area contributed by atoms with Gasteiger partial charge in [-0.2, -0.15) is 8.78 Å². The fraction of sp³-hybridized carbons (Fsp3) is 0.278. The van der Waals surface area contributed by atoms with E-state index in [0.29, 0.717) is 5.56 Å². The smallest absolute Gasteiger partial charge is 0.347 e. The van der Waals surface area contributed by atoms with Gasteiger partial charge in [-0.15, -0.1) is 0 Å². The van der Waals surface area contributed by atoms with Gasteiger partial charge in [0.1, 0.15) is 0 Å². The minimum atomic E-state index is -3.81. The van der Waals surface area contributed by atoms with Crippen molar-refractivity contribution >= 4 is 23.3 Å². The Morgan fingerprint density at radius 1 is 1.33 bits per heavy atom. The van der Waals surface area contributed by atoms with E-state index >= 15 is 0 Å². The zero-order valence-electron chi connectivity index (χ0n) is 14.1. The quantitative estimate of drug-likeness (QED) is 0.324. The summed E-state index contributed by atoms with van der Waals surface area (Å²) in [6, 6.07) is 3.36. The van der Waals surface area contributed by atoms with Crippen LogP contribution in [0.3, 0.4) is 0 Å². The summed E-state index contributed by atoms with van der Waals surface area (Å²) in [6.45, 7) is 1.60. The lowest BCUT2D eigenvalue weighted by atomic mass is 9.96. The van der Waals surface area contributed by atoms with Crippen molar-refractivity contribution in [2.75, 3.05) is 6.61 Å². The van der Waals surface area contributed by atoms with Crippen molar-refractivity contribution < 1.29 is 23.2 Å². The van der Waals surface area contributed by atoms with Gasteiger partial charge in [0.15, 0.2) is 0 Å². The van der Waals surface area contributed by atoms with Crippen LogP contribution in [0.1, 0.15) is 18.5 Å². The number of fused-ring (bicyclic) bond motifs is 1. The van der Waals surface area contributed by atoms with Gasteiger partial charge in [0, 0.05) is 18.3 Å². The van der Waals surface area contributed by atoms with E-state index in [-0.39, 0.29) is 17.9 Å². The Labute approximate surface area is 158 Å². The molecule has 0 saturated carbocycles. The molecule has 6 nitrogen and oxygen atoms in total. The van der Waals surface area contributed by atoms with Crippen molar-refractivity contribution in [1.82, 2.24) is 4.90 Å². The van der Waals surface area contributed by atoms with Crippen LogP contribution in [0.25, 0.3) is 0 Å². The summed E-state index contributed by atoms with van der Waals surface area (Å²) in [5.74, 6) is -0.868. The predicted molar refractivity (Wildman–Crippen MR) is 94.2 cm³/mol. The van der Waals surface area contributed by atoms with E-state index < -0.39 is 33.9 Å². The molecule has 0 amide bonds. The summed E-state index contributed by atoms with van der Waals surface area (Å²) >= 11 is 5.39. The summed E-state index contributed by atoms with van der Waals surface area (Å²) < 4.78 is 33.7. The highest BCUT2D eigenvalue weighted by Gasteiger charge is 2.52. The van der Waals surface area contributed by atoms with E-state index in [1.807, 2.05) is 0 Å². The van der Waals surface area contributed by atoms with Crippen molar-refractivity contribution in [3.05, 3.63) is 75.5 Å². The Bertz CT molecular complexity index is 859. The van der Waals surface area contributed by atoms with Crippen LogP contribution in [-0.4, -0.2) is 33.8 Å². The number of esters is 1. The van der Waals surface area contributed by atoms with Gasteiger partial charge in [-0.05, 0) is 42.3 Å². The molecule has 1 aromatic rings. The number of alkyl halides is 3. The lowest BCUT2D eigenvalue weighted by molar-refractivity contribution is -0.384. The Morgan fingerprint density at radius 2 is 2.00 bits per heavy atom. The average Bonchev–Trinajstić information content (AvgIpc) is 2.97. The number of nitro groups is 1. The van der Waals surface area contributed by atoms with E-state index in [4.69, 9.17) is 16.3 Å². The van der Waals surface area contributed by atoms with E-state index in [0.717, 1.165) is 0 Å². The SMILES string of the molecule is CCOC(=O)C1=C(C(F)(F)Cl)C(c2ccc([N+](=O)[O-])cc2)N2C=CC=CC12. The summed E-state index contributed by atoms with van der Waals surface area (Å²) in [5.41, 5.74) is -0.630. The molecule has 0 N–H and O–H groups in total. The first kappa shape index (κ1) is 19.0. The molecule has 2 heterocycles. The Kier molecular flexibility index (Phi) is 5.01. The third kappa shape index (κ3) is 3.44. The van der Waals surface area contributed by atoms with Crippen LogP contribution in [0.15, 0.2) is 59.8 Å². The molecule has 2 atom stereocenters. The third-order valence-corrected chi connectivity index (χ3v) is 4.57. The molecule has 0 bridgehead atoms. The maximum atomic E-state index is 14.4. The molecular formula is C18H15ClF2N2O4. The van der Waals surface area contributed by atoms with Gasteiger partial charge < -0.3 is 9.64 Å². The van der Waals surface area contributed by atoms with Gasteiger partial charge in [0.05, 0.1) is 34.8 Å². The standard InChI is InChI=1S/C18H15ClF2N2O4/c1-2-27-17(24)14-13-5-3-4-10-22(13)16(15(14)18(19,20)21)11-6-8-12(9-7-11)23(25)26/h3-10,13,16H,2H2,1H3. The second-order valence-corrected chi connectivity index (χ2v) is 6.39. The first-order valence-corrected chi connectivity index (χ1v) is 8.48. The van der Waals surface area contributed by atoms with Crippen LogP contribution in [0.4, 0.5) is 14.5 Å². The van der Waals surface area contributed by atoms with E-state index in [1.54, 1.807) is 36.3 Å². The van der Waals surface area contributed by atoms with Gasteiger partial charge in [-0.1, -0.05) is 12.2 Å². The number of hydrogen-bond acceptors (Lipinski definition) is 5. The van der Waals surface area contributed by atoms with Crippen LogP contribution in [0, 0.1) is 10.1 Å². The Morgan fingerprint density at radius 3 is 2.56 bits per heavy atom. The molecule has 0 aliphatic carbocycles. The number of nitro benzene ring substituents is 1. The highest BCUT2D eigenvalue weighted by molar-refractivity contribution is 6.24. The molecule has 0 fully saturated rings. The highest BCUT2D eigenvalue weighted by atomic mass is 35.5. The molecule has 9 heteroatoms. The molecule has 1 aromatic carbocycles. The zero-order valence-corrected chi connectivity index (χ0v) is 14.9. The minimum absolute atomic E-state index is 0.0257. The van der Waals surface area contributed by atoms with Crippen molar-refractivity contribution in [3.63, 3.8) is 0 Å². The summed E-state index contributed by atoms with van der Waals surface area (Å²) in [7, 11) is 0. The van der Waals surface area contributed by atoms with Crippen LogP contribution in [0.5, 0.6) is 0 Å². The number of carbonyl (C=O) groups is 1. The maximum absolute atomic E-state index is 14.4. The van der Waals surface area contributed by atoms with Gasteiger partial charge >= 0.3 is 11.4 Å². The normalized spacial score (nSPS) is 21.4. The topological polar surface area (TPSA) is 72.7 Å². The Hall–Kier alpha value is -2.74. The van der Waals surface area contributed by atoms with Crippen molar-refractivity contribution in [3.8, 4) is 0 Å². The number of carbonyl (C=O) groups excluding carboxylic acids is 1. The lowest BCUT2D eigenvalue weighted by Crippen LogP contribution is -2.31. The van der Waals surface area contributed by atoms with Crippen LogP contribution >= 0.6 is 11.6 Å². The van der Waals surface area contributed by atoms with Crippen molar-refractivity contribution in [2.24, 2.45) is 0 Å². The van der Waals surface area contributed by atoms with E-state index in [1.165, 1.54) is 24.3 Å². The summed E-state index contributed by atoms with van der Waals surface area (Å²) in [4.78, 5) is 24.3. The molecule has 2 aliphatic heterocycles. The number of ether oxygens (including phenoxy) is 1. The van der Waals surface area contributed by atoms with Crippen molar-refractivity contribution in [2.45, 2.75) is 24.4 Å². The third-order valence-electron chi connectivity index (χ3n) is 4.36. The number of allylic oxidation sites excluding steroid dienone is 2. The highest BCUT2D eigenvalue weighted by Crippen LogP contribution is 2.50. The summed E-state index contributed by atoms with van der Waals surface area (Å²) in [5, 5.41) is 7.05. The fourth-order valence-corrected chi connectivity index (χ4v) is 3.53. The Balaban J connectivity index is 2.17. The first-order chi connectivity index (χ1) is 12.8. The molecule has 0 radical (unpaired) electrons. The lowest BCUT2D eigenvalue weighted by Gasteiger charge is -2.32. The number of hydrogen-bond donors (Lipinski definition) is 0. The number of non-ortho nitro benzene ring substituents is 1. The first-order valence-electron chi connectivity index (χ1n) is 8.11. The second kappa shape index (κ2) is 7.11. The maximum Gasteiger partial charge on any atom is 0.347 e. The zero-order chi connectivity index (χ0) is 19.8. The molecule has 2 unspecified atom stereocenters. The van der Waals surface area contributed by atoms with Gasteiger partial charge in [0.25, 0.3) is 5.69 Å². The molecule has 0 saturated heterocycles. The average molecular weight is 397 g/mol. The summed E-state index contributed by atoms with van der Waals surface area (Å²) in [6.07, 6.45) is 6.46. The number of benzene rings is 1. The molecule has 0 aromatic heterocycles. The molecular weight excluding hydrogens is 382 g/mol. The van der Waals surface area contributed by atoms with Gasteiger partial charge in [-0.25, -0.2) is 4.79 Å². The van der Waals surface area contributed by atoms with Crippen molar-refractivity contribution in [1.29, 1.82) is 0 Å². The van der Waals surface area contributed by atoms with E-state index in [9.17, 15) is 23.7 Å². The molecule has 142 valence electrons.